The number of likely N-dealkylation sites (N-methyl/N-ethyl adjacent to an activating group) is 1. The molecule has 2 aliphatic rings. The number of hydrogen-bond donors (Lipinski definition) is 3. The molecule has 1 saturated heterocycles. The van der Waals surface area contributed by atoms with Gasteiger partial charge in [0.25, 0.3) is 0 Å². The van der Waals surface area contributed by atoms with Crippen LogP contribution < -0.4 is 29.8 Å². The molecule has 0 spiro atoms. The summed E-state index contributed by atoms with van der Waals surface area (Å²) in [5, 5.41) is 21.5. The molecule has 0 radical (unpaired) electrons. The van der Waals surface area contributed by atoms with Gasteiger partial charge < -0.3 is 49.1 Å². The second-order valence-corrected chi connectivity index (χ2v) is 16.6. The van der Waals surface area contributed by atoms with E-state index in [1.165, 1.54) is 30.3 Å². The summed E-state index contributed by atoms with van der Waals surface area (Å²) in [6.45, 7) is 4.11. The highest BCUT2D eigenvalue weighted by atomic mass is 32.3. The predicted molar refractivity (Wildman–Crippen MR) is 195 cm³/mol. The fourth-order valence-electron chi connectivity index (χ4n) is 6.50. The number of nitrogens with zero attached hydrogens (tertiary/aromatic N) is 2. The molecule has 4 N–H and O–H groups in total. The molecule has 2 aliphatic heterocycles. The first-order valence-corrected chi connectivity index (χ1v) is 19.3. The number of fused-ring (bicyclic) bond motifs is 1. The largest absolute Gasteiger partial charge is 0.542 e. The predicted octanol–water partition coefficient (Wildman–Crippen LogP) is 4.30. The van der Waals surface area contributed by atoms with Crippen LogP contribution in [0.15, 0.2) is 83.1 Å². The average molecular weight is 821 g/mol. The van der Waals surface area contributed by atoms with E-state index in [1.54, 1.807) is 35.2 Å². The Kier molecular flexibility index (Phi) is 12.7. The van der Waals surface area contributed by atoms with Gasteiger partial charge in [-0.25, -0.2) is 4.79 Å². The maximum atomic E-state index is 14.2. The van der Waals surface area contributed by atoms with Crippen LogP contribution in [0.25, 0.3) is 0 Å². The number of phenolic OH excluding ortho intramolecular Hbond substituents is 1. The summed E-state index contributed by atoms with van der Waals surface area (Å²) in [4.78, 5) is 38.5. The second kappa shape index (κ2) is 17.1. The number of likely N-dealkylation sites (tertiary alicyclic amines) is 1. The molecule has 1 fully saturated rings. The number of aryl methyl sites for hydroxylation is 1. The number of nitrogens with one attached hydrogen (secondary N) is 1. The fraction of sp³-hybridized carbons (Fsp3) is 0.324. The summed E-state index contributed by atoms with van der Waals surface area (Å²) >= 11 is 1.12. The zero-order valence-corrected chi connectivity index (χ0v) is 31.8. The van der Waals surface area contributed by atoms with Crippen LogP contribution in [-0.4, -0.2) is 86.0 Å². The van der Waals surface area contributed by atoms with E-state index < -0.39 is 40.2 Å². The normalized spacial score (nSPS) is 18.2. The maximum Gasteiger partial charge on any atom is 0.430 e. The van der Waals surface area contributed by atoms with E-state index in [0.29, 0.717) is 41.2 Å². The van der Waals surface area contributed by atoms with Gasteiger partial charge in [-0.15, -0.1) is 11.3 Å². The zero-order valence-electron chi connectivity index (χ0n) is 30.2. The molecule has 3 aromatic carbocycles. The third-order valence-corrected chi connectivity index (χ3v) is 11.7. The fourth-order valence-corrected chi connectivity index (χ4v) is 8.68. The molecule has 3 atom stereocenters. The summed E-state index contributed by atoms with van der Waals surface area (Å²) in [7, 11) is -1.87. The van der Waals surface area contributed by atoms with Crippen molar-refractivity contribution in [2.45, 2.75) is 55.2 Å². The van der Waals surface area contributed by atoms with Crippen LogP contribution in [-0.2, 0) is 32.7 Å². The van der Waals surface area contributed by atoms with E-state index >= 15 is 0 Å². The van der Waals surface area contributed by atoms with E-state index in [9.17, 15) is 36.3 Å². The molecule has 56 heavy (non-hydrogen) atoms. The van der Waals surface area contributed by atoms with Gasteiger partial charge >= 0.3 is 22.3 Å². The van der Waals surface area contributed by atoms with E-state index in [0.717, 1.165) is 40.3 Å². The topological polar surface area (TPSA) is 198 Å². The first-order valence-electron chi connectivity index (χ1n) is 17.1. The molecule has 0 saturated carbocycles. The third kappa shape index (κ3) is 10.8. The molecule has 0 aliphatic carbocycles. The molecule has 1 aromatic heterocycles. The number of aromatic hydroxyl groups is 1. The monoisotopic (exact) mass is 820 g/mol. The lowest BCUT2D eigenvalue weighted by Crippen LogP contribution is -2.62. The van der Waals surface area contributed by atoms with E-state index in [4.69, 9.17) is 29.3 Å². The molecule has 0 bridgehead atoms. The Balaban J connectivity index is 0.000000784. The van der Waals surface area contributed by atoms with Crippen LogP contribution in [0.2, 0.25) is 0 Å². The number of carbonyl (C=O) groups excluding carboxylic acids is 3. The van der Waals surface area contributed by atoms with E-state index in [-0.39, 0.29) is 35.0 Å². The first-order chi connectivity index (χ1) is 26.3. The number of alkyl halides is 3. The van der Waals surface area contributed by atoms with Gasteiger partial charge in [0.1, 0.15) is 30.1 Å². The van der Waals surface area contributed by atoms with Crippen LogP contribution in [0.4, 0.5) is 23.7 Å². The summed E-state index contributed by atoms with van der Waals surface area (Å²) in [6.07, 6.45) is -3.57. The van der Waals surface area contributed by atoms with Crippen molar-refractivity contribution in [3.8, 4) is 23.0 Å². The zero-order chi connectivity index (χ0) is 40.8. The summed E-state index contributed by atoms with van der Waals surface area (Å²) in [5.41, 5.74) is 8.19. The number of amides is 3. The van der Waals surface area contributed by atoms with Gasteiger partial charge in [-0.1, -0.05) is 12.1 Å². The molecule has 14 nitrogen and oxygen atoms in total. The number of anilines is 1. The number of carbonyl (C=O) groups is 3. The van der Waals surface area contributed by atoms with Crippen molar-refractivity contribution in [1.82, 2.24) is 4.90 Å². The molecular formula is C37H39F3N4O10S2. The quantitative estimate of drug-likeness (QED) is 0.145. The first kappa shape index (κ1) is 41.6. The lowest BCUT2D eigenvalue weighted by atomic mass is 9.96. The smallest absolute Gasteiger partial charge is 0.430 e. The van der Waals surface area contributed by atoms with E-state index in [2.05, 4.69) is 12.4 Å². The van der Waals surface area contributed by atoms with Crippen LogP contribution in [0, 0.1) is 6.92 Å². The number of ether oxygens (including phenoxy) is 2. The van der Waals surface area contributed by atoms with Crippen molar-refractivity contribution in [3.63, 3.8) is 0 Å². The number of benzene rings is 3. The summed E-state index contributed by atoms with van der Waals surface area (Å²) < 4.78 is 74.0. The molecular weight excluding hydrogens is 782 g/mol. The van der Waals surface area contributed by atoms with Crippen molar-refractivity contribution < 1.29 is 64.3 Å². The maximum absolute atomic E-state index is 14.2. The Morgan fingerprint density at radius 3 is 2.29 bits per heavy atom. The summed E-state index contributed by atoms with van der Waals surface area (Å²) in [6, 6.07) is 19.7. The van der Waals surface area contributed by atoms with E-state index in [1.807, 2.05) is 25.1 Å². The number of phenols is 1. The van der Waals surface area contributed by atoms with Crippen LogP contribution >= 0.6 is 11.3 Å². The Labute approximate surface area is 324 Å². The Hall–Kier alpha value is -5.53. The van der Waals surface area contributed by atoms with Gasteiger partial charge in [-0.2, -0.15) is 21.6 Å². The number of primary amides is 1. The Morgan fingerprint density at radius 2 is 1.68 bits per heavy atom. The van der Waals surface area contributed by atoms with Gasteiger partial charge in [0.2, 0.25) is 12.7 Å². The second-order valence-electron chi connectivity index (χ2n) is 13.5. The summed E-state index contributed by atoms with van der Waals surface area (Å²) in [5.74, 6) is -2.07. The molecule has 6 rings (SSSR count). The van der Waals surface area contributed by atoms with Gasteiger partial charge in [0.15, 0.2) is 15.7 Å². The number of carboxylic acids is 1. The number of nitrogens with two attached hydrogens (primary N) is 1. The van der Waals surface area contributed by atoms with Gasteiger partial charge in [-0.3, -0.25) is 4.79 Å². The van der Waals surface area contributed by atoms with Crippen LogP contribution in [0.5, 0.6) is 23.0 Å². The molecule has 3 heterocycles. The minimum absolute atomic E-state index is 0.0866. The van der Waals surface area contributed by atoms with Crippen LogP contribution in [0.3, 0.4) is 0 Å². The highest BCUT2D eigenvalue weighted by molar-refractivity contribution is 7.89. The highest BCUT2D eigenvalue weighted by Crippen LogP contribution is 2.35. The lowest BCUT2D eigenvalue weighted by Gasteiger charge is -2.46. The number of carboxylic acid groups (broad SMARTS) is 1. The van der Waals surface area contributed by atoms with Crippen molar-refractivity contribution in [2.24, 2.45) is 5.73 Å². The highest BCUT2D eigenvalue weighted by Gasteiger charge is 2.41. The average Bonchev–Trinajstić information content (AvgIpc) is 3.78. The molecule has 1 unspecified atom stereocenters. The SMILES string of the molecule is Cc1ccc(S(=O)(=O)Oc2ccc(NC(=O)N([C@H]3CCC[N+](C)(Cc4ccc5c(c4)OCO5)C3)[C@@H](Cc3ccc(O)cc3)C(N)=O)cc2)s1.O=C([O-])C(F)(F)F. The number of halogens is 3. The van der Waals surface area contributed by atoms with Crippen LogP contribution in [0.1, 0.15) is 28.8 Å². The van der Waals surface area contributed by atoms with Crippen molar-refractivity contribution in [2.75, 3.05) is 32.2 Å². The number of thiophene rings is 1. The third-order valence-electron chi connectivity index (χ3n) is 9.05. The molecule has 300 valence electrons. The van der Waals surface area contributed by atoms with Gasteiger partial charge in [-0.05, 0) is 92.1 Å². The molecule has 19 heteroatoms. The number of urea groups is 1. The van der Waals surface area contributed by atoms with Crippen molar-refractivity contribution in [3.05, 3.63) is 94.9 Å². The number of rotatable bonds is 11. The molecule has 3 amide bonds. The minimum atomic E-state index is -5.19. The molecule has 4 aromatic rings. The number of aliphatic carboxylic acids is 1. The number of piperidine rings is 1. The van der Waals surface area contributed by atoms with Crippen molar-refractivity contribution >= 4 is 45.0 Å². The Morgan fingerprint density at radius 1 is 1.04 bits per heavy atom. The number of hydrogen-bond acceptors (Lipinski definition) is 11. The van der Waals surface area contributed by atoms with Crippen molar-refractivity contribution in [1.29, 1.82) is 0 Å². The standard InChI is InChI=1S/C35H38N4O8S2.C2HF3O2/c1-23-5-16-33(48-23)49(43,44)47-29-13-9-26(10-14-29)37-35(42)38(30(34(36)41)18-24-6-11-28(40)12-7-24)27-4-3-17-39(2,21-27)20-25-8-15-31-32(19-25)46-22-45-31;3-2(4,5)1(6)7/h5-16,19,27,30H,3-4,17-18,20-22H2,1-2H3,(H3-,36,37,40,41,42);(H,6,7)/t27-,30-,39?;/m0./s1. The number of quaternary nitrogens is 1. The van der Waals surface area contributed by atoms with Gasteiger partial charge in [0.05, 0.1) is 26.2 Å². The Bertz CT molecular complexity index is 2150. The minimum Gasteiger partial charge on any atom is -0.542 e. The lowest BCUT2D eigenvalue weighted by molar-refractivity contribution is -0.928. The van der Waals surface area contributed by atoms with Gasteiger partial charge in [0, 0.05) is 22.5 Å².